The predicted octanol–water partition coefficient (Wildman–Crippen LogP) is -0.00310. The minimum absolute atomic E-state index is 0.00481. The Balaban J connectivity index is 1.92. The number of morpholine rings is 1. The van der Waals surface area contributed by atoms with Crippen LogP contribution in [0.4, 0.5) is 0 Å². The predicted molar refractivity (Wildman–Crippen MR) is 84.6 cm³/mol. The molecule has 2 rings (SSSR count). The van der Waals surface area contributed by atoms with Gasteiger partial charge in [-0.25, -0.2) is 0 Å². The Morgan fingerprint density at radius 1 is 1.04 bits per heavy atom. The molecule has 7 heteroatoms. The van der Waals surface area contributed by atoms with Crippen LogP contribution in [0.2, 0.25) is 0 Å². The van der Waals surface area contributed by atoms with Crippen molar-refractivity contribution in [3.8, 4) is 0 Å². The van der Waals surface area contributed by atoms with Gasteiger partial charge in [0.05, 0.1) is 13.2 Å². The standard InChI is InChI=1S/C16H27N3O4/c1-11(2)15(21)19-6-4-5-13(19)14(20)17-12(3)16(22)18-7-9-23-10-8-18/h11-13H,4-10H2,1-3H3,(H,17,20). The monoisotopic (exact) mass is 325 g/mol. The zero-order chi connectivity index (χ0) is 17.0. The van der Waals surface area contributed by atoms with Gasteiger partial charge >= 0.3 is 0 Å². The number of rotatable bonds is 4. The topological polar surface area (TPSA) is 79.0 Å². The largest absolute Gasteiger partial charge is 0.378 e. The van der Waals surface area contributed by atoms with Crippen molar-refractivity contribution in [1.82, 2.24) is 15.1 Å². The number of nitrogens with zero attached hydrogens (tertiary/aromatic N) is 2. The first-order valence-corrected chi connectivity index (χ1v) is 8.39. The van der Waals surface area contributed by atoms with Gasteiger partial charge in [-0.1, -0.05) is 13.8 Å². The van der Waals surface area contributed by atoms with Crippen molar-refractivity contribution in [1.29, 1.82) is 0 Å². The van der Waals surface area contributed by atoms with Crippen LogP contribution in [-0.4, -0.2) is 72.5 Å². The summed E-state index contributed by atoms with van der Waals surface area (Å²) in [4.78, 5) is 40.4. The van der Waals surface area contributed by atoms with E-state index in [0.29, 0.717) is 39.3 Å². The Kier molecular flexibility index (Phi) is 5.98. The fourth-order valence-electron chi connectivity index (χ4n) is 3.06. The fourth-order valence-corrected chi connectivity index (χ4v) is 3.06. The van der Waals surface area contributed by atoms with Crippen LogP contribution >= 0.6 is 0 Å². The summed E-state index contributed by atoms with van der Waals surface area (Å²) in [5.41, 5.74) is 0. The van der Waals surface area contributed by atoms with Crippen LogP contribution in [0.25, 0.3) is 0 Å². The van der Waals surface area contributed by atoms with E-state index in [1.807, 2.05) is 13.8 Å². The number of hydrogen-bond acceptors (Lipinski definition) is 4. The van der Waals surface area contributed by atoms with Crippen LogP contribution in [0.1, 0.15) is 33.6 Å². The van der Waals surface area contributed by atoms with Crippen molar-refractivity contribution in [2.24, 2.45) is 5.92 Å². The molecule has 2 aliphatic heterocycles. The molecule has 2 aliphatic rings. The average Bonchev–Trinajstić information content (AvgIpc) is 3.03. The minimum Gasteiger partial charge on any atom is -0.378 e. The third-order valence-electron chi connectivity index (χ3n) is 4.38. The highest BCUT2D eigenvalue weighted by Crippen LogP contribution is 2.20. The molecule has 0 spiro atoms. The van der Waals surface area contributed by atoms with Crippen LogP contribution in [0, 0.1) is 5.92 Å². The number of likely N-dealkylation sites (tertiary alicyclic amines) is 1. The number of carbonyl (C=O) groups excluding carboxylic acids is 3. The van der Waals surface area contributed by atoms with E-state index in [9.17, 15) is 14.4 Å². The molecular weight excluding hydrogens is 298 g/mol. The van der Waals surface area contributed by atoms with Crippen molar-refractivity contribution in [2.75, 3.05) is 32.8 Å². The van der Waals surface area contributed by atoms with Gasteiger partial charge in [-0.05, 0) is 19.8 Å². The average molecular weight is 325 g/mol. The molecule has 2 atom stereocenters. The summed E-state index contributed by atoms with van der Waals surface area (Å²) >= 11 is 0. The van der Waals surface area contributed by atoms with Crippen molar-refractivity contribution in [3.05, 3.63) is 0 Å². The summed E-state index contributed by atoms with van der Waals surface area (Å²) in [6.45, 7) is 8.15. The van der Waals surface area contributed by atoms with Gasteiger partial charge in [0.25, 0.3) is 0 Å². The first-order valence-electron chi connectivity index (χ1n) is 8.39. The van der Waals surface area contributed by atoms with Gasteiger partial charge in [-0.15, -0.1) is 0 Å². The van der Waals surface area contributed by atoms with E-state index >= 15 is 0 Å². The summed E-state index contributed by atoms with van der Waals surface area (Å²) < 4.78 is 5.23. The molecule has 0 aromatic heterocycles. The molecule has 23 heavy (non-hydrogen) atoms. The third kappa shape index (κ3) is 4.22. The second kappa shape index (κ2) is 7.77. The molecule has 2 fully saturated rings. The van der Waals surface area contributed by atoms with Crippen LogP contribution in [0.15, 0.2) is 0 Å². The lowest BCUT2D eigenvalue weighted by Crippen LogP contribution is -2.54. The molecule has 0 aromatic rings. The van der Waals surface area contributed by atoms with Crippen molar-refractivity contribution < 1.29 is 19.1 Å². The Morgan fingerprint density at radius 3 is 2.30 bits per heavy atom. The molecule has 2 heterocycles. The highest BCUT2D eigenvalue weighted by molar-refractivity contribution is 5.92. The summed E-state index contributed by atoms with van der Waals surface area (Å²) in [7, 11) is 0. The SMILES string of the molecule is CC(C)C(=O)N1CCCC1C(=O)NC(C)C(=O)N1CCOCC1. The Hall–Kier alpha value is -1.63. The first kappa shape index (κ1) is 17.7. The van der Waals surface area contributed by atoms with E-state index < -0.39 is 12.1 Å². The lowest BCUT2D eigenvalue weighted by atomic mass is 10.1. The van der Waals surface area contributed by atoms with E-state index in [0.717, 1.165) is 6.42 Å². The molecule has 0 aromatic carbocycles. The Labute approximate surface area is 137 Å². The molecule has 2 unspecified atom stereocenters. The Morgan fingerprint density at radius 2 is 1.70 bits per heavy atom. The van der Waals surface area contributed by atoms with Gasteiger partial charge in [-0.2, -0.15) is 0 Å². The maximum absolute atomic E-state index is 12.5. The Bertz CT molecular complexity index is 460. The zero-order valence-electron chi connectivity index (χ0n) is 14.2. The number of amides is 3. The van der Waals surface area contributed by atoms with E-state index in [1.165, 1.54) is 0 Å². The second-order valence-electron chi connectivity index (χ2n) is 6.51. The summed E-state index contributed by atoms with van der Waals surface area (Å²) in [6.07, 6.45) is 1.48. The normalized spacial score (nSPS) is 23.0. The number of nitrogens with one attached hydrogen (secondary N) is 1. The maximum atomic E-state index is 12.5. The summed E-state index contributed by atoms with van der Waals surface area (Å²) in [5.74, 6) is -0.461. The number of carbonyl (C=O) groups is 3. The highest BCUT2D eigenvalue weighted by Gasteiger charge is 2.36. The summed E-state index contributed by atoms with van der Waals surface area (Å²) in [6, 6.07) is -1.04. The van der Waals surface area contributed by atoms with Gasteiger partial charge in [-0.3, -0.25) is 14.4 Å². The second-order valence-corrected chi connectivity index (χ2v) is 6.51. The van der Waals surface area contributed by atoms with Gasteiger partial charge in [0, 0.05) is 25.6 Å². The van der Waals surface area contributed by atoms with Crippen LogP contribution < -0.4 is 5.32 Å². The minimum atomic E-state index is -0.586. The van der Waals surface area contributed by atoms with E-state index in [2.05, 4.69) is 5.32 Å². The lowest BCUT2D eigenvalue weighted by Gasteiger charge is -2.31. The molecule has 1 N–H and O–H groups in total. The zero-order valence-corrected chi connectivity index (χ0v) is 14.2. The molecule has 0 aliphatic carbocycles. The van der Waals surface area contributed by atoms with Gasteiger partial charge in [0.1, 0.15) is 12.1 Å². The molecule has 0 bridgehead atoms. The lowest BCUT2D eigenvalue weighted by molar-refractivity contribution is -0.143. The summed E-state index contributed by atoms with van der Waals surface area (Å²) in [5, 5.41) is 2.78. The molecule has 3 amide bonds. The molecule has 0 radical (unpaired) electrons. The van der Waals surface area contributed by atoms with Gasteiger partial charge < -0.3 is 19.9 Å². The van der Waals surface area contributed by atoms with Gasteiger partial charge in [0.15, 0.2) is 0 Å². The highest BCUT2D eigenvalue weighted by atomic mass is 16.5. The molecular formula is C16H27N3O4. The fraction of sp³-hybridized carbons (Fsp3) is 0.812. The van der Waals surface area contributed by atoms with Gasteiger partial charge in [0.2, 0.25) is 17.7 Å². The molecule has 7 nitrogen and oxygen atoms in total. The number of hydrogen-bond donors (Lipinski definition) is 1. The quantitative estimate of drug-likeness (QED) is 0.789. The third-order valence-corrected chi connectivity index (χ3v) is 4.38. The van der Waals surface area contributed by atoms with Crippen LogP contribution in [0.5, 0.6) is 0 Å². The van der Waals surface area contributed by atoms with Crippen molar-refractivity contribution in [2.45, 2.75) is 45.7 Å². The van der Waals surface area contributed by atoms with Crippen LogP contribution in [-0.2, 0) is 19.1 Å². The number of ether oxygens (including phenoxy) is 1. The van der Waals surface area contributed by atoms with E-state index in [-0.39, 0.29) is 23.6 Å². The molecule has 130 valence electrons. The van der Waals surface area contributed by atoms with Crippen molar-refractivity contribution in [3.63, 3.8) is 0 Å². The van der Waals surface area contributed by atoms with E-state index in [4.69, 9.17) is 4.74 Å². The molecule has 2 saturated heterocycles. The van der Waals surface area contributed by atoms with E-state index in [1.54, 1.807) is 16.7 Å². The maximum Gasteiger partial charge on any atom is 0.245 e. The van der Waals surface area contributed by atoms with Crippen molar-refractivity contribution >= 4 is 17.7 Å². The smallest absolute Gasteiger partial charge is 0.245 e. The molecule has 0 saturated carbocycles. The van der Waals surface area contributed by atoms with Crippen LogP contribution in [0.3, 0.4) is 0 Å². The first-order chi connectivity index (χ1) is 10.9.